The molecule has 31 heavy (non-hydrogen) atoms. The normalized spacial score (nSPS) is 11.1. The first-order valence-electron chi connectivity index (χ1n) is 10.3. The van der Waals surface area contributed by atoms with Crippen LogP contribution in [0.15, 0.2) is 47.5 Å². The second kappa shape index (κ2) is 14.1. The average molecular weight is 541 g/mol. The number of hydrogen-bond donors (Lipinski definition) is 1. The number of halogens is 1. The SMILES string of the molecule is CN=C(NCc1cccc(COC(C)C)c1)N(C)CCc1ccc(OC)c(OC)c1.I. The number of hydrogen-bond acceptors (Lipinski definition) is 4. The van der Waals surface area contributed by atoms with Gasteiger partial charge in [-0.05, 0) is 49.1 Å². The minimum atomic E-state index is 0. The largest absolute Gasteiger partial charge is 0.493 e. The molecule has 0 atom stereocenters. The van der Waals surface area contributed by atoms with Crippen molar-refractivity contribution in [3.05, 3.63) is 59.2 Å². The second-order valence-electron chi connectivity index (χ2n) is 7.44. The third kappa shape index (κ3) is 8.95. The minimum Gasteiger partial charge on any atom is -0.493 e. The van der Waals surface area contributed by atoms with Crippen molar-refractivity contribution in [3.63, 3.8) is 0 Å². The van der Waals surface area contributed by atoms with Gasteiger partial charge in [0.15, 0.2) is 17.5 Å². The molecule has 172 valence electrons. The van der Waals surface area contributed by atoms with E-state index in [1.807, 2.05) is 40.1 Å². The number of methoxy groups -OCH3 is 2. The monoisotopic (exact) mass is 541 g/mol. The summed E-state index contributed by atoms with van der Waals surface area (Å²) in [4.78, 5) is 6.55. The number of rotatable bonds is 10. The van der Waals surface area contributed by atoms with Gasteiger partial charge in [-0.2, -0.15) is 0 Å². The van der Waals surface area contributed by atoms with E-state index in [0.29, 0.717) is 13.2 Å². The minimum absolute atomic E-state index is 0. The Morgan fingerprint density at radius 3 is 2.35 bits per heavy atom. The highest BCUT2D eigenvalue weighted by Crippen LogP contribution is 2.27. The second-order valence-corrected chi connectivity index (χ2v) is 7.44. The van der Waals surface area contributed by atoms with Crippen LogP contribution in [0.2, 0.25) is 0 Å². The van der Waals surface area contributed by atoms with Crippen molar-refractivity contribution in [2.24, 2.45) is 4.99 Å². The third-order valence-electron chi connectivity index (χ3n) is 4.78. The van der Waals surface area contributed by atoms with E-state index < -0.39 is 0 Å². The van der Waals surface area contributed by atoms with E-state index in [0.717, 1.165) is 30.4 Å². The highest BCUT2D eigenvalue weighted by atomic mass is 127. The smallest absolute Gasteiger partial charge is 0.193 e. The molecular formula is C24H36IN3O3. The standard InChI is InChI=1S/C24H35N3O3.HI/c1-18(2)30-17-21-9-7-8-20(14-21)16-26-24(25-3)27(4)13-12-19-10-11-22(28-5)23(15-19)29-6;/h7-11,14-15,18H,12-13,16-17H2,1-6H3,(H,25,26);1H. The molecule has 6 nitrogen and oxygen atoms in total. The Labute approximate surface area is 204 Å². The van der Waals surface area contributed by atoms with E-state index in [4.69, 9.17) is 14.2 Å². The Balaban J connectivity index is 0.00000480. The van der Waals surface area contributed by atoms with Gasteiger partial charge in [0, 0.05) is 27.2 Å². The van der Waals surface area contributed by atoms with Gasteiger partial charge in [0.1, 0.15) is 0 Å². The molecule has 0 fully saturated rings. The molecule has 0 radical (unpaired) electrons. The number of aliphatic imine (C=N–C) groups is 1. The Kier molecular flexibility index (Phi) is 12.3. The van der Waals surface area contributed by atoms with E-state index >= 15 is 0 Å². The van der Waals surface area contributed by atoms with Crippen LogP contribution in [0.5, 0.6) is 11.5 Å². The topological polar surface area (TPSA) is 55.3 Å². The zero-order valence-electron chi connectivity index (χ0n) is 19.5. The summed E-state index contributed by atoms with van der Waals surface area (Å²) in [5, 5.41) is 3.45. The first kappa shape index (κ1) is 27.0. The van der Waals surface area contributed by atoms with Crippen molar-refractivity contribution in [1.29, 1.82) is 0 Å². The Hall–Kier alpha value is -2.00. The van der Waals surface area contributed by atoms with Crippen molar-refractivity contribution in [3.8, 4) is 11.5 Å². The summed E-state index contributed by atoms with van der Waals surface area (Å²) in [5.41, 5.74) is 3.57. The number of likely N-dealkylation sites (N-methyl/N-ethyl adjacent to an activating group) is 1. The molecule has 0 aromatic heterocycles. The fraction of sp³-hybridized carbons (Fsp3) is 0.458. The molecule has 2 aromatic carbocycles. The number of guanidine groups is 1. The Morgan fingerprint density at radius 2 is 1.71 bits per heavy atom. The lowest BCUT2D eigenvalue weighted by atomic mass is 10.1. The van der Waals surface area contributed by atoms with Gasteiger partial charge in [-0.15, -0.1) is 24.0 Å². The molecule has 0 amide bonds. The fourth-order valence-electron chi connectivity index (χ4n) is 3.10. The number of ether oxygens (including phenoxy) is 3. The molecule has 0 aliphatic carbocycles. The van der Waals surface area contributed by atoms with Crippen LogP contribution in [-0.4, -0.2) is 51.8 Å². The molecule has 0 bridgehead atoms. The highest BCUT2D eigenvalue weighted by molar-refractivity contribution is 14.0. The zero-order valence-corrected chi connectivity index (χ0v) is 21.8. The van der Waals surface area contributed by atoms with E-state index in [-0.39, 0.29) is 30.1 Å². The van der Waals surface area contributed by atoms with Crippen LogP contribution >= 0.6 is 24.0 Å². The van der Waals surface area contributed by atoms with Crippen LogP contribution in [-0.2, 0) is 24.3 Å². The van der Waals surface area contributed by atoms with Crippen LogP contribution < -0.4 is 14.8 Å². The quantitative estimate of drug-likeness (QED) is 0.273. The van der Waals surface area contributed by atoms with Gasteiger partial charge in [-0.25, -0.2) is 0 Å². The third-order valence-corrected chi connectivity index (χ3v) is 4.78. The summed E-state index contributed by atoms with van der Waals surface area (Å²) < 4.78 is 16.4. The molecule has 0 spiro atoms. The van der Waals surface area contributed by atoms with Crippen LogP contribution in [0.3, 0.4) is 0 Å². The van der Waals surface area contributed by atoms with Gasteiger partial charge in [-0.1, -0.05) is 30.3 Å². The van der Waals surface area contributed by atoms with Crippen molar-refractivity contribution >= 4 is 29.9 Å². The maximum absolute atomic E-state index is 5.70. The summed E-state index contributed by atoms with van der Waals surface area (Å²) in [7, 11) is 7.16. The zero-order chi connectivity index (χ0) is 21.9. The van der Waals surface area contributed by atoms with Crippen molar-refractivity contribution in [1.82, 2.24) is 10.2 Å². The molecule has 2 aromatic rings. The summed E-state index contributed by atoms with van der Waals surface area (Å²) >= 11 is 0. The van der Waals surface area contributed by atoms with Crippen LogP contribution in [0, 0.1) is 0 Å². The van der Waals surface area contributed by atoms with E-state index in [2.05, 4.69) is 45.5 Å². The Bertz CT molecular complexity index is 827. The van der Waals surface area contributed by atoms with Gasteiger partial charge in [-0.3, -0.25) is 4.99 Å². The lowest BCUT2D eigenvalue weighted by Gasteiger charge is -2.22. The summed E-state index contributed by atoms with van der Waals surface area (Å²) in [6.45, 7) is 6.27. The van der Waals surface area contributed by atoms with Crippen molar-refractivity contribution in [2.75, 3.05) is 34.9 Å². The van der Waals surface area contributed by atoms with Gasteiger partial charge in [0.05, 0.1) is 26.9 Å². The highest BCUT2D eigenvalue weighted by Gasteiger charge is 2.09. The van der Waals surface area contributed by atoms with Gasteiger partial charge >= 0.3 is 0 Å². The maximum Gasteiger partial charge on any atom is 0.193 e. The summed E-state index contributed by atoms with van der Waals surface area (Å²) in [6.07, 6.45) is 1.10. The Morgan fingerprint density at radius 1 is 1.00 bits per heavy atom. The summed E-state index contributed by atoms with van der Waals surface area (Å²) in [6, 6.07) is 14.5. The number of benzene rings is 2. The van der Waals surface area contributed by atoms with Gasteiger partial charge in [0.25, 0.3) is 0 Å². The lowest BCUT2D eigenvalue weighted by Crippen LogP contribution is -2.39. The molecule has 0 heterocycles. The van der Waals surface area contributed by atoms with E-state index in [1.165, 1.54) is 16.7 Å². The van der Waals surface area contributed by atoms with E-state index in [9.17, 15) is 0 Å². The molecule has 0 saturated heterocycles. The molecular weight excluding hydrogens is 505 g/mol. The molecule has 0 aliphatic rings. The maximum atomic E-state index is 5.70. The van der Waals surface area contributed by atoms with Gasteiger partial charge in [0.2, 0.25) is 0 Å². The lowest BCUT2D eigenvalue weighted by molar-refractivity contribution is 0.0657. The van der Waals surface area contributed by atoms with Crippen molar-refractivity contribution in [2.45, 2.75) is 39.5 Å². The summed E-state index contributed by atoms with van der Waals surface area (Å²) in [5.74, 6) is 2.36. The fourth-order valence-corrected chi connectivity index (χ4v) is 3.10. The van der Waals surface area contributed by atoms with Crippen LogP contribution in [0.1, 0.15) is 30.5 Å². The predicted octanol–water partition coefficient (Wildman–Crippen LogP) is 4.50. The van der Waals surface area contributed by atoms with Crippen molar-refractivity contribution < 1.29 is 14.2 Å². The first-order valence-corrected chi connectivity index (χ1v) is 10.3. The molecule has 1 N–H and O–H groups in total. The first-order chi connectivity index (χ1) is 14.5. The van der Waals surface area contributed by atoms with E-state index in [1.54, 1.807) is 14.2 Å². The van der Waals surface area contributed by atoms with Crippen LogP contribution in [0.25, 0.3) is 0 Å². The molecule has 0 unspecified atom stereocenters. The molecule has 7 heteroatoms. The number of nitrogens with one attached hydrogen (secondary N) is 1. The number of nitrogens with zero attached hydrogens (tertiary/aromatic N) is 2. The molecule has 2 rings (SSSR count). The predicted molar refractivity (Wildman–Crippen MR) is 138 cm³/mol. The van der Waals surface area contributed by atoms with Gasteiger partial charge < -0.3 is 24.4 Å². The molecule has 0 aliphatic heterocycles. The van der Waals surface area contributed by atoms with Crippen LogP contribution in [0.4, 0.5) is 0 Å². The average Bonchev–Trinajstić information content (AvgIpc) is 2.76. The molecule has 0 saturated carbocycles.